The van der Waals surface area contributed by atoms with Gasteiger partial charge in [-0.1, -0.05) is 43.5 Å². The van der Waals surface area contributed by atoms with E-state index >= 15 is 0 Å². The highest BCUT2D eigenvalue weighted by Crippen LogP contribution is 2.30. The molecule has 3 aromatic carbocycles. The third-order valence-electron chi connectivity index (χ3n) is 4.79. The standard InChI is InChI=1S/C29H22F2O6/c1-4-28(32)36-15-14-35-27-12-9-22(17-26(27)31)20-5-7-21(8-6-20)24-11-10-23(18-25(24)30)34-13-16-37-29(33)19(2)3/h4-18H,1-2H2,3H3/b15-14-,16-13-. The summed E-state index contributed by atoms with van der Waals surface area (Å²) in [5.41, 5.74) is 2.48. The van der Waals surface area contributed by atoms with Crippen LogP contribution in [0.4, 0.5) is 8.78 Å². The first-order chi connectivity index (χ1) is 17.8. The van der Waals surface area contributed by atoms with Crippen LogP contribution in [0.5, 0.6) is 11.5 Å². The van der Waals surface area contributed by atoms with Gasteiger partial charge in [0.1, 0.15) is 36.6 Å². The van der Waals surface area contributed by atoms with Gasteiger partial charge in [-0.05, 0) is 47.9 Å². The molecule has 188 valence electrons. The first kappa shape index (κ1) is 26.6. The zero-order valence-electron chi connectivity index (χ0n) is 19.8. The van der Waals surface area contributed by atoms with Gasteiger partial charge in [0.2, 0.25) is 0 Å². The minimum Gasteiger partial charge on any atom is -0.462 e. The molecule has 6 nitrogen and oxygen atoms in total. The lowest BCUT2D eigenvalue weighted by molar-refractivity contribution is -0.134. The maximum Gasteiger partial charge on any atom is 0.338 e. The van der Waals surface area contributed by atoms with Crippen LogP contribution in [-0.2, 0) is 19.1 Å². The molecular formula is C29H22F2O6. The molecule has 0 heterocycles. The number of benzene rings is 3. The first-order valence-electron chi connectivity index (χ1n) is 10.8. The van der Waals surface area contributed by atoms with Crippen molar-refractivity contribution in [2.75, 3.05) is 0 Å². The van der Waals surface area contributed by atoms with Crippen LogP contribution in [-0.4, -0.2) is 11.9 Å². The summed E-state index contributed by atoms with van der Waals surface area (Å²) in [6.07, 6.45) is 5.16. The van der Waals surface area contributed by atoms with Gasteiger partial charge in [0.25, 0.3) is 0 Å². The molecule has 0 unspecified atom stereocenters. The highest BCUT2D eigenvalue weighted by atomic mass is 19.1. The molecule has 0 amide bonds. The smallest absolute Gasteiger partial charge is 0.338 e. The number of hydrogen-bond acceptors (Lipinski definition) is 6. The van der Waals surface area contributed by atoms with Gasteiger partial charge in [0.05, 0.1) is 0 Å². The Morgan fingerprint density at radius 1 is 0.757 bits per heavy atom. The summed E-state index contributed by atoms with van der Waals surface area (Å²) in [4.78, 5) is 22.3. The summed E-state index contributed by atoms with van der Waals surface area (Å²) in [7, 11) is 0. The van der Waals surface area contributed by atoms with Crippen molar-refractivity contribution in [3.8, 4) is 33.8 Å². The second-order valence-corrected chi connectivity index (χ2v) is 7.47. The van der Waals surface area contributed by atoms with Gasteiger partial charge in [0.15, 0.2) is 11.6 Å². The molecule has 0 spiro atoms. The number of hydrogen-bond donors (Lipinski definition) is 0. The maximum absolute atomic E-state index is 14.7. The van der Waals surface area contributed by atoms with Crippen molar-refractivity contribution in [3.05, 3.63) is 122 Å². The second kappa shape index (κ2) is 12.6. The molecule has 0 aromatic heterocycles. The first-order valence-corrected chi connectivity index (χ1v) is 10.8. The van der Waals surface area contributed by atoms with E-state index in [0.717, 1.165) is 31.1 Å². The van der Waals surface area contributed by atoms with Crippen LogP contribution in [0.25, 0.3) is 22.3 Å². The molecule has 0 fully saturated rings. The normalized spacial score (nSPS) is 10.8. The average Bonchev–Trinajstić information content (AvgIpc) is 2.89. The van der Waals surface area contributed by atoms with Gasteiger partial charge in [0, 0.05) is 23.3 Å². The van der Waals surface area contributed by atoms with Crippen molar-refractivity contribution in [3.63, 3.8) is 0 Å². The van der Waals surface area contributed by atoms with E-state index in [-0.39, 0.29) is 17.1 Å². The molecule has 0 saturated heterocycles. The van der Waals surface area contributed by atoms with Gasteiger partial charge in [-0.25, -0.2) is 18.4 Å². The minimum absolute atomic E-state index is 0.0560. The minimum atomic E-state index is -0.667. The molecule has 37 heavy (non-hydrogen) atoms. The molecule has 3 aromatic rings. The van der Waals surface area contributed by atoms with E-state index in [1.807, 2.05) is 0 Å². The van der Waals surface area contributed by atoms with Crippen LogP contribution in [0.3, 0.4) is 0 Å². The fourth-order valence-electron chi connectivity index (χ4n) is 2.96. The lowest BCUT2D eigenvalue weighted by Crippen LogP contribution is -1.99. The predicted octanol–water partition coefficient (Wildman–Crippen LogP) is 6.85. The van der Waals surface area contributed by atoms with Crippen LogP contribution >= 0.6 is 0 Å². The molecular weight excluding hydrogens is 482 g/mol. The molecule has 0 saturated carbocycles. The van der Waals surface area contributed by atoms with Crippen molar-refractivity contribution >= 4 is 11.9 Å². The highest BCUT2D eigenvalue weighted by molar-refractivity contribution is 5.87. The Balaban J connectivity index is 1.65. The SMILES string of the molecule is C=CC(=O)O/C=C\Oc1ccc(-c2ccc(-c3ccc(O/C=C\OC(=O)C(=C)C)cc3F)cc2)cc1F. The Morgan fingerprint density at radius 3 is 2.05 bits per heavy atom. The van der Waals surface area contributed by atoms with Gasteiger partial charge >= 0.3 is 11.9 Å². The third kappa shape index (κ3) is 7.50. The number of ether oxygens (including phenoxy) is 4. The molecule has 0 aliphatic rings. The fourth-order valence-corrected chi connectivity index (χ4v) is 2.96. The van der Waals surface area contributed by atoms with Crippen LogP contribution in [0.1, 0.15) is 6.92 Å². The lowest BCUT2D eigenvalue weighted by Gasteiger charge is -2.09. The van der Waals surface area contributed by atoms with Gasteiger partial charge in [-0.3, -0.25) is 0 Å². The third-order valence-corrected chi connectivity index (χ3v) is 4.79. The number of rotatable bonds is 10. The molecule has 0 aliphatic carbocycles. The molecule has 8 heteroatoms. The Kier molecular flexibility index (Phi) is 9.10. The molecule has 3 rings (SSSR count). The van der Waals surface area contributed by atoms with E-state index in [4.69, 9.17) is 14.2 Å². The van der Waals surface area contributed by atoms with Gasteiger partial charge in [-0.2, -0.15) is 0 Å². The Hall–Kier alpha value is -4.98. The Morgan fingerprint density at radius 2 is 1.41 bits per heavy atom. The Bertz CT molecular complexity index is 1370. The zero-order chi connectivity index (χ0) is 26.8. The van der Waals surface area contributed by atoms with Crippen LogP contribution in [0.2, 0.25) is 0 Å². The molecule has 0 aliphatic heterocycles. The van der Waals surface area contributed by atoms with Gasteiger partial charge < -0.3 is 18.9 Å². The van der Waals surface area contributed by atoms with E-state index in [0.29, 0.717) is 22.3 Å². The monoisotopic (exact) mass is 504 g/mol. The average molecular weight is 504 g/mol. The second-order valence-electron chi connectivity index (χ2n) is 7.47. The van der Waals surface area contributed by atoms with Gasteiger partial charge in [-0.15, -0.1) is 0 Å². The van der Waals surface area contributed by atoms with E-state index in [1.165, 1.54) is 25.1 Å². The maximum atomic E-state index is 14.7. The molecule has 0 radical (unpaired) electrons. The summed E-state index contributed by atoms with van der Waals surface area (Å²) >= 11 is 0. The van der Waals surface area contributed by atoms with Crippen molar-refractivity contribution < 1.29 is 37.3 Å². The summed E-state index contributed by atoms with van der Waals surface area (Å²) in [6, 6.07) is 15.6. The highest BCUT2D eigenvalue weighted by Gasteiger charge is 2.09. The van der Waals surface area contributed by atoms with E-state index in [9.17, 15) is 18.4 Å². The largest absolute Gasteiger partial charge is 0.462 e. The summed E-state index contributed by atoms with van der Waals surface area (Å²) in [5, 5.41) is 0. The van der Waals surface area contributed by atoms with E-state index in [2.05, 4.69) is 17.9 Å². The van der Waals surface area contributed by atoms with Crippen molar-refractivity contribution in [1.29, 1.82) is 0 Å². The van der Waals surface area contributed by atoms with Crippen LogP contribution in [0, 0.1) is 11.6 Å². The number of esters is 2. The molecule has 0 bridgehead atoms. The van der Waals surface area contributed by atoms with E-state index < -0.39 is 23.6 Å². The van der Waals surface area contributed by atoms with Crippen molar-refractivity contribution in [2.45, 2.75) is 6.92 Å². The molecule has 0 atom stereocenters. The Labute approximate surface area is 212 Å². The zero-order valence-corrected chi connectivity index (χ0v) is 19.8. The topological polar surface area (TPSA) is 71.1 Å². The van der Waals surface area contributed by atoms with E-state index in [1.54, 1.807) is 42.5 Å². The summed E-state index contributed by atoms with van der Waals surface area (Å²) in [5.74, 6) is -2.24. The lowest BCUT2D eigenvalue weighted by atomic mass is 10.00. The fraction of sp³-hybridized carbons (Fsp3) is 0.0345. The number of carbonyl (C=O) groups is 2. The summed E-state index contributed by atoms with van der Waals surface area (Å²) < 4.78 is 48.9. The number of carbonyl (C=O) groups excluding carboxylic acids is 2. The quantitative estimate of drug-likeness (QED) is 0.171. The van der Waals surface area contributed by atoms with Crippen molar-refractivity contribution in [2.24, 2.45) is 0 Å². The van der Waals surface area contributed by atoms with Crippen LogP contribution < -0.4 is 9.47 Å². The number of halogens is 2. The summed E-state index contributed by atoms with van der Waals surface area (Å²) in [6.45, 7) is 8.21. The van der Waals surface area contributed by atoms with Crippen molar-refractivity contribution in [1.82, 2.24) is 0 Å². The molecule has 0 N–H and O–H groups in total. The predicted molar refractivity (Wildman–Crippen MR) is 134 cm³/mol. The van der Waals surface area contributed by atoms with Crippen LogP contribution in [0.15, 0.2) is 111 Å².